The average Bonchev–Trinajstić information content (AvgIpc) is 2.78. The highest BCUT2D eigenvalue weighted by Crippen LogP contribution is 2.43. The average molecular weight is 447 g/mol. The van der Waals surface area contributed by atoms with Crippen LogP contribution < -0.4 is 0 Å². The maximum Gasteiger partial charge on any atom is 0.155 e. The Bertz CT molecular complexity index is 711. The number of benzene rings is 2. The molecule has 0 unspecified atom stereocenters. The molecule has 0 aliphatic rings. The lowest BCUT2D eigenvalue weighted by molar-refractivity contribution is 0.597. The van der Waals surface area contributed by atoms with Crippen LogP contribution in [0.2, 0.25) is 10.0 Å². The summed E-state index contributed by atoms with van der Waals surface area (Å²) >= 11 is 19.5. The van der Waals surface area contributed by atoms with Gasteiger partial charge in [0.1, 0.15) is 10.0 Å². The van der Waals surface area contributed by atoms with E-state index < -0.39 is 0 Å². The number of hydrogen-bond acceptors (Lipinski definition) is 1. The Morgan fingerprint density at radius 1 is 0.619 bits per heavy atom. The van der Waals surface area contributed by atoms with Crippen molar-refractivity contribution in [3.05, 3.63) is 67.5 Å². The number of hydrogen-bond donors (Lipinski definition) is 0. The molecule has 1 nitrogen and oxygen atoms in total. The zero-order valence-electron chi connectivity index (χ0n) is 10.5. The molecule has 0 aliphatic heterocycles. The van der Waals surface area contributed by atoms with Crippen molar-refractivity contribution in [3.63, 3.8) is 0 Å². The highest BCUT2D eigenvalue weighted by molar-refractivity contribution is 9.10. The fourth-order valence-corrected chi connectivity index (χ4v) is 2.96. The van der Waals surface area contributed by atoms with Gasteiger partial charge in [-0.15, -0.1) is 0 Å². The van der Waals surface area contributed by atoms with Crippen LogP contribution in [0.3, 0.4) is 0 Å². The number of halogens is 4. The van der Waals surface area contributed by atoms with Crippen molar-refractivity contribution < 1.29 is 4.42 Å². The Labute approximate surface area is 149 Å². The lowest BCUT2D eigenvalue weighted by Crippen LogP contribution is -1.74. The Hall–Kier alpha value is -0.740. The molecule has 3 rings (SSSR count). The van der Waals surface area contributed by atoms with Crippen molar-refractivity contribution in [2.75, 3.05) is 0 Å². The first kappa shape index (κ1) is 15.2. The van der Waals surface area contributed by atoms with Crippen LogP contribution in [0.5, 0.6) is 0 Å². The molecule has 0 saturated carbocycles. The summed E-state index contributed by atoms with van der Waals surface area (Å²) in [4.78, 5) is 0. The van der Waals surface area contributed by atoms with Crippen LogP contribution in [0, 0.1) is 0 Å². The van der Waals surface area contributed by atoms with Crippen molar-refractivity contribution >= 4 is 55.1 Å². The molecule has 2 aromatic carbocycles. The molecular weight excluding hydrogens is 439 g/mol. The normalized spacial score (nSPS) is 10.9. The van der Waals surface area contributed by atoms with E-state index in [0.717, 1.165) is 20.1 Å². The van der Waals surface area contributed by atoms with Gasteiger partial charge in [-0.05, 0) is 24.3 Å². The minimum Gasteiger partial charge on any atom is -0.453 e. The van der Waals surface area contributed by atoms with Gasteiger partial charge in [-0.3, -0.25) is 0 Å². The summed E-state index contributed by atoms with van der Waals surface area (Å²) in [5.41, 5.74) is 1.77. The number of furan rings is 1. The van der Waals surface area contributed by atoms with Crippen molar-refractivity contribution in [1.29, 1.82) is 0 Å². The molecule has 0 saturated heterocycles. The molecule has 3 aromatic rings. The van der Waals surface area contributed by atoms with Gasteiger partial charge < -0.3 is 4.42 Å². The first-order valence-corrected chi connectivity index (χ1v) is 8.40. The third-order valence-corrected chi connectivity index (χ3v) is 4.88. The van der Waals surface area contributed by atoms with E-state index in [1.54, 1.807) is 0 Å². The van der Waals surface area contributed by atoms with Crippen LogP contribution in [0.25, 0.3) is 22.6 Å². The van der Waals surface area contributed by atoms with Gasteiger partial charge in [0, 0.05) is 20.1 Å². The second-order valence-corrected chi connectivity index (χ2v) is 6.99. The van der Waals surface area contributed by atoms with Crippen LogP contribution >= 0.6 is 55.1 Å². The summed E-state index contributed by atoms with van der Waals surface area (Å²) < 4.78 is 7.89. The van der Waals surface area contributed by atoms with Crippen LogP contribution in [0.15, 0.2) is 61.9 Å². The minimum absolute atomic E-state index is 0.428. The molecule has 0 N–H and O–H groups in total. The van der Waals surface area contributed by atoms with Gasteiger partial charge in [0.15, 0.2) is 11.5 Å². The van der Waals surface area contributed by atoms with Gasteiger partial charge in [0.25, 0.3) is 0 Å². The van der Waals surface area contributed by atoms with E-state index in [0.29, 0.717) is 21.6 Å². The molecule has 0 aliphatic carbocycles. The van der Waals surface area contributed by atoms with E-state index in [1.807, 2.05) is 48.5 Å². The highest BCUT2D eigenvalue weighted by atomic mass is 79.9. The van der Waals surface area contributed by atoms with Gasteiger partial charge in [0.2, 0.25) is 0 Å². The molecule has 0 atom stereocenters. The first-order valence-electron chi connectivity index (χ1n) is 6.06. The summed E-state index contributed by atoms with van der Waals surface area (Å²) in [7, 11) is 0. The van der Waals surface area contributed by atoms with E-state index in [2.05, 4.69) is 31.9 Å². The Morgan fingerprint density at radius 2 is 0.952 bits per heavy atom. The van der Waals surface area contributed by atoms with Crippen LogP contribution in [0.4, 0.5) is 0 Å². The Balaban J connectivity index is 2.11. The summed E-state index contributed by atoms with van der Waals surface area (Å²) in [5.74, 6) is 1.15. The SMILES string of the molecule is Clc1c(-c2ccc(Br)cc2)oc(-c2ccc(Br)cc2)c1Cl. The zero-order valence-corrected chi connectivity index (χ0v) is 15.2. The fraction of sp³-hybridized carbons (Fsp3) is 0. The molecule has 1 heterocycles. The Morgan fingerprint density at radius 3 is 1.29 bits per heavy atom. The van der Waals surface area contributed by atoms with Crippen molar-refractivity contribution in [1.82, 2.24) is 0 Å². The van der Waals surface area contributed by atoms with Gasteiger partial charge in [-0.25, -0.2) is 0 Å². The maximum absolute atomic E-state index is 6.32. The van der Waals surface area contributed by atoms with E-state index >= 15 is 0 Å². The zero-order chi connectivity index (χ0) is 15.0. The minimum atomic E-state index is 0.428. The van der Waals surface area contributed by atoms with E-state index in [1.165, 1.54) is 0 Å². The predicted molar refractivity (Wildman–Crippen MR) is 95.0 cm³/mol. The fourth-order valence-electron chi connectivity index (χ4n) is 1.96. The molecule has 21 heavy (non-hydrogen) atoms. The highest BCUT2D eigenvalue weighted by Gasteiger charge is 2.19. The summed E-state index contributed by atoms with van der Waals surface area (Å²) in [6, 6.07) is 15.4. The van der Waals surface area contributed by atoms with Gasteiger partial charge in [-0.2, -0.15) is 0 Å². The lowest BCUT2D eigenvalue weighted by Gasteiger charge is -1.99. The largest absolute Gasteiger partial charge is 0.453 e. The summed E-state index contributed by atoms with van der Waals surface area (Å²) in [6.45, 7) is 0. The van der Waals surface area contributed by atoms with Gasteiger partial charge >= 0.3 is 0 Å². The molecule has 0 spiro atoms. The lowest BCUT2D eigenvalue weighted by atomic mass is 10.1. The van der Waals surface area contributed by atoms with Crippen molar-refractivity contribution in [2.24, 2.45) is 0 Å². The van der Waals surface area contributed by atoms with Gasteiger partial charge in [0.05, 0.1) is 0 Å². The van der Waals surface area contributed by atoms with E-state index in [4.69, 9.17) is 27.6 Å². The predicted octanol–water partition coefficient (Wildman–Crippen LogP) is 7.45. The molecule has 1 aromatic heterocycles. The summed E-state index contributed by atoms with van der Waals surface area (Å²) in [5, 5.41) is 0.855. The van der Waals surface area contributed by atoms with Crippen LogP contribution in [0.1, 0.15) is 0 Å². The summed E-state index contributed by atoms with van der Waals surface area (Å²) in [6.07, 6.45) is 0. The van der Waals surface area contributed by atoms with Crippen LogP contribution in [-0.4, -0.2) is 0 Å². The molecular formula is C16H8Br2Cl2O. The molecule has 0 amide bonds. The topological polar surface area (TPSA) is 13.1 Å². The second kappa shape index (κ2) is 6.17. The van der Waals surface area contributed by atoms with Gasteiger partial charge in [-0.1, -0.05) is 79.3 Å². The Kier molecular flexibility index (Phi) is 4.46. The number of rotatable bonds is 2. The smallest absolute Gasteiger partial charge is 0.155 e. The third kappa shape index (κ3) is 3.07. The molecule has 0 radical (unpaired) electrons. The molecule has 0 bridgehead atoms. The van der Waals surface area contributed by atoms with E-state index in [-0.39, 0.29) is 0 Å². The monoisotopic (exact) mass is 444 g/mol. The quantitative estimate of drug-likeness (QED) is 0.398. The van der Waals surface area contributed by atoms with Crippen molar-refractivity contribution in [2.45, 2.75) is 0 Å². The second-order valence-electron chi connectivity index (χ2n) is 4.40. The van der Waals surface area contributed by atoms with E-state index in [9.17, 15) is 0 Å². The molecule has 5 heteroatoms. The first-order chi connectivity index (χ1) is 10.1. The standard InChI is InChI=1S/C16H8Br2Cl2O/c17-11-5-1-9(2-6-11)15-13(19)14(20)16(21-15)10-3-7-12(18)8-4-10/h1-8H. The molecule has 106 valence electrons. The molecule has 0 fully saturated rings. The van der Waals surface area contributed by atoms with Crippen LogP contribution in [-0.2, 0) is 0 Å². The van der Waals surface area contributed by atoms with Crippen molar-refractivity contribution in [3.8, 4) is 22.6 Å². The third-order valence-electron chi connectivity index (χ3n) is 3.01. The maximum atomic E-state index is 6.32.